The number of carbonyl (C=O) groups excluding carboxylic acids is 1. The molecule has 1 amide bonds. The Hall–Kier alpha value is -3.10. The lowest BCUT2D eigenvalue weighted by Gasteiger charge is -2.13. The van der Waals surface area contributed by atoms with E-state index < -0.39 is 12.3 Å². The zero-order valence-corrected chi connectivity index (χ0v) is 13.7. The van der Waals surface area contributed by atoms with Gasteiger partial charge in [0, 0.05) is 5.56 Å². The fourth-order valence-electron chi connectivity index (χ4n) is 3.10. The number of fused-ring (bicyclic) bond motifs is 1. The molecule has 26 heavy (non-hydrogen) atoms. The topological polar surface area (TPSA) is 94.1 Å². The van der Waals surface area contributed by atoms with E-state index in [2.05, 4.69) is 25.1 Å². The first kappa shape index (κ1) is 16.4. The van der Waals surface area contributed by atoms with Crippen LogP contribution in [0, 0.1) is 6.92 Å². The van der Waals surface area contributed by atoms with E-state index in [9.17, 15) is 13.6 Å². The number of carbonyl (C=O) groups is 1. The molecule has 2 heterocycles. The molecule has 1 unspecified atom stereocenters. The summed E-state index contributed by atoms with van der Waals surface area (Å²) in [4.78, 5) is 16.0. The Kier molecular flexibility index (Phi) is 3.98. The minimum absolute atomic E-state index is 0.121. The van der Waals surface area contributed by atoms with Crippen molar-refractivity contribution in [3.63, 3.8) is 0 Å². The molecule has 0 fully saturated rings. The number of rotatable bonds is 4. The molecule has 3 aromatic rings. The normalized spacial score (nSPS) is 16.1. The molecule has 0 aliphatic heterocycles. The van der Waals surface area contributed by atoms with Gasteiger partial charge in [0.2, 0.25) is 5.82 Å². The van der Waals surface area contributed by atoms with Crippen molar-refractivity contribution >= 4 is 5.91 Å². The second kappa shape index (κ2) is 6.32. The van der Waals surface area contributed by atoms with E-state index in [1.807, 2.05) is 12.1 Å². The van der Waals surface area contributed by atoms with Crippen LogP contribution < -0.4 is 5.32 Å². The molecule has 0 bridgehead atoms. The van der Waals surface area contributed by atoms with Crippen LogP contribution >= 0.6 is 0 Å². The van der Waals surface area contributed by atoms with E-state index in [1.54, 1.807) is 13.0 Å². The van der Waals surface area contributed by atoms with Gasteiger partial charge in [-0.3, -0.25) is 4.79 Å². The molecule has 4 rings (SSSR count). The molecular formula is C17H14F2N4O3. The largest absolute Gasteiger partial charge is 0.361 e. The lowest BCUT2D eigenvalue weighted by atomic mass is 10.0. The molecule has 0 saturated carbocycles. The fraction of sp³-hybridized carbons (Fsp3) is 0.294. The Morgan fingerprint density at radius 3 is 2.88 bits per heavy atom. The quantitative estimate of drug-likeness (QED) is 0.766. The van der Waals surface area contributed by atoms with Crippen molar-refractivity contribution in [2.24, 2.45) is 0 Å². The summed E-state index contributed by atoms with van der Waals surface area (Å²) in [5, 5.41) is 10.2. The van der Waals surface area contributed by atoms with Crippen LogP contribution in [-0.4, -0.2) is 21.2 Å². The van der Waals surface area contributed by atoms with Gasteiger partial charge in [0.05, 0.1) is 12.2 Å². The van der Waals surface area contributed by atoms with Crippen molar-refractivity contribution in [1.29, 1.82) is 0 Å². The van der Waals surface area contributed by atoms with Gasteiger partial charge in [-0.25, -0.2) is 0 Å². The third-order valence-electron chi connectivity index (χ3n) is 4.41. The van der Waals surface area contributed by atoms with Crippen LogP contribution in [0.4, 0.5) is 8.78 Å². The van der Waals surface area contributed by atoms with Gasteiger partial charge in [0.25, 0.3) is 11.8 Å². The van der Waals surface area contributed by atoms with E-state index in [-0.39, 0.29) is 17.8 Å². The molecule has 1 aliphatic rings. The molecule has 0 saturated heterocycles. The van der Waals surface area contributed by atoms with Gasteiger partial charge in [-0.1, -0.05) is 22.4 Å². The molecule has 1 aromatic carbocycles. The van der Waals surface area contributed by atoms with Crippen molar-refractivity contribution < 1.29 is 22.6 Å². The number of nitrogens with zero attached hydrogens (tertiary/aromatic N) is 3. The zero-order chi connectivity index (χ0) is 18.3. The Labute approximate surface area is 146 Å². The zero-order valence-electron chi connectivity index (χ0n) is 13.7. The first-order valence-corrected chi connectivity index (χ1v) is 8.00. The highest BCUT2D eigenvalue weighted by Crippen LogP contribution is 2.34. The second-order valence-corrected chi connectivity index (χ2v) is 6.03. The third kappa shape index (κ3) is 2.85. The summed E-state index contributed by atoms with van der Waals surface area (Å²) in [6, 6.07) is 5.28. The summed E-state index contributed by atoms with van der Waals surface area (Å²) in [5.74, 6) is -0.362. The van der Waals surface area contributed by atoms with Crippen LogP contribution in [-0.2, 0) is 6.42 Å². The van der Waals surface area contributed by atoms with E-state index in [4.69, 9.17) is 4.52 Å². The minimum Gasteiger partial charge on any atom is -0.361 e. The molecule has 1 atom stereocenters. The van der Waals surface area contributed by atoms with Gasteiger partial charge in [0.15, 0.2) is 0 Å². The fourth-order valence-corrected chi connectivity index (χ4v) is 3.10. The number of benzene rings is 1. The second-order valence-electron chi connectivity index (χ2n) is 6.03. The summed E-state index contributed by atoms with van der Waals surface area (Å²) in [5.41, 5.74) is 3.00. The van der Waals surface area contributed by atoms with Crippen LogP contribution in [0.15, 0.2) is 33.4 Å². The number of hydrogen-bond donors (Lipinski definition) is 1. The van der Waals surface area contributed by atoms with E-state index in [1.165, 1.54) is 6.20 Å². The summed E-state index contributed by atoms with van der Waals surface area (Å²) < 4.78 is 34.6. The lowest BCUT2D eigenvalue weighted by Crippen LogP contribution is -2.27. The molecular weight excluding hydrogens is 346 g/mol. The highest BCUT2D eigenvalue weighted by molar-refractivity contribution is 5.95. The summed E-state index contributed by atoms with van der Waals surface area (Å²) in [7, 11) is 0. The van der Waals surface area contributed by atoms with E-state index in [0.717, 1.165) is 24.0 Å². The predicted octanol–water partition coefficient (Wildman–Crippen LogP) is 3.39. The number of aromatic nitrogens is 3. The van der Waals surface area contributed by atoms with Crippen molar-refractivity contribution in [2.75, 3.05) is 0 Å². The predicted molar refractivity (Wildman–Crippen MR) is 84.5 cm³/mol. The standard InChI is InChI=1S/C17H14F2N4O3/c1-8-12(7-20-25-8)16(24)21-13-5-3-9-6-10(2-4-11(9)13)15-22-17(14(18)19)26-23-15/h2,4,6-7,13-14H,3,5H2,1H3,(H,21,24). The molecule has 9 heteroatoms. The highest BCUT2D eigenvalue weighted by atomic mass is 19.3. The Balaban J connectivity index is 1.54. The summed E-state index contributed by atoms with van der Waals surface area (Å²) in [6.07, 6.45) is 0.0753. The van der Waals surface area contributed by atoms with Crippen LogP contribution in [0.1, 0.15) is 52.0 Å². The lowest BCUT2D eigenvalue weighted by molar-refractivity contribution is 0.0935. The smallest absolute Gasteiger partial charge is 0.315 e. The first-order chi connectivity index (χ1) is 12.5. The molecule has 0 radical (unpaired) electrons. The first-order valence-electron chi connectivity index (χ1n) is 8.00. The Bertz CT molecular complexity index is 967. The number of nitrogens with one attached hydrogen (secondary N) is 1. The highest BCUT2D eigenvalue weighted by Gasteiger charge is 2.26. The average Bonchev–Trinajstić information content (AvgIpc) is 3.34. The summed E-state index contributed by atoms with van der Waals surface area (Å²) in [6.45, 7) is 1.68. The van der Waals surface area contributed by atoms with Gasteiger partial charge >= 0.3 is 6.43 Å². The maximum Gasteiger partial charge on any atom is 0.315 e. The Morgan fingerprint density at radius 1 is 1.35 bits per heavy atom. The number of hydrogen-bond acceptors (Lipinski definition) is 6. The molecule has 1 aliphatic carbocycles. The summed E-state index contributed by atoms with van der Waals surface area (Å²) >= 11 is 0. The Morgan fingerprint density at radius 2 is 2.19 bits per heavy atom. The maximum absolute atomic E-state index is 12.6. The van der Waals surface area contributed by atoms with Gasteiger partial charge in [-0.2, -0.15) is 13.8 Å². The van der Waals surface area contributed by atoms with E-state index in [0.29, 0.717) is 16.9 Å². The van der Waals surface area contributed by atoms with Crippen LogP contribution in [0.25, 0.3) is 11.4 Å². The number of aryl methyl sites for hydroxylation is 2. The number of alkyl halides is 2. The molecule has 7 nitrogen and oxygen atoms in total. The average molecular weight is 360 g/mol. The third-order valence-corrected chi connectivity index (χ3v) is 4.41. The van der Waals surface area contributed by atoms with Gasteiger partial charge in [-0.05, 0) is 37.0 Å². The monoisotopic (exact) mass is 360 g/mol. The van der Waals surface area contributed by atoms with Gasteiger partial charge in [-0.15, -0.1) is 0 Å². The van der Waals surface area contributed by atoms with Gasteiger partial charge in [0.1, 0.15) is 11.3 Å². The maximum atomic E-state index is 12.6. The minimum atomic E-state index is -2.80. The van der Waals surface area contributed by atoms with Crippen molar-refractivity contribution in [1.82, 2.24) is 20.6 Å². The van der Waals surface area contributed by atoms with Crippen molar-refractivity contribution in [2.45, 2.75) is 32.2 Å². The van der Waals surface area contributed by atoms with Crippen LogP contribution in [0.3, 0.4) is 0 Å². The molecule has 1 N–H and O–H groups in total. The van der Waals surface area contributed by atoms with Crippen LogP contribution in [0.5, 0.6) is 0 Å². The molecule has 0 spiro atoms. The van der Waals surface area contributed by atoms with E-state index >= 15 is 0 Å². The molecule has 134 valence electrons. The number of amides is 1. The van der Waals surface area contributed by atoms with Crippen LogP contribution in [0.2, 0.25) is 0 Å². The number of halogens is 2. The SMILES string of the molecule is Cc1oncc1C(=O)NC1CCc2cc(-c3noc(C(F)F)n3)ccc21. The van der Waals surface area contributed by atoms with Crippen molar-refractivity contribution in [3.05, 3.63) is 52.7 Å². The van der Waals surface area contributed by atoms with Crippen molar-refractivity contribution in [3.8, 4) is 11.4 Å². The van der Waals surface area contributed by atoms with Gasteiger partial charge < -0.3 is 14.4 Å². The molecule has 2 aromatic heterocycles.